The van der Waals surface area contributed by atoms with Crippen LogP contribution in [-0.2, 0) is 4.74 Å². The van der Waals surface area contributed by atoms with Gasteiger partial charge in [-0.15, -0.1) is 0 Å². The van der Waals surface area contributed by atoms with Crippen molar-refractivity contribution in [2.24, 2.45) is 0 Å². The third-order valence-electron chi connectivity index (χ3n) is 2.21. The van der Waals surface area contributed by atoms with Crippen molar-refractivity contribution in [1.29, 1.82) is 0 Å². The molecule has 2 unspecified atom stereocenters. The van der Waals surface area contributed by atoms with Crippen molar-refractivity contribution >= 4 is 0 Å². The first-order valence-corrected chi connectivity index (χ1v) is 4.01. The Labute approximate surface area is 62.2 Å². The minimum Gasteiger partial charge on any atom is -0.387 e. The average Bonchev–Trinajstić information content (AvgIpc) is 2.13. The summed E-state index contributed by atoms with van der Waals surface area (Å²) in [5, 5.41) is 9.66. The minimum atomic E-state index is -0.560. The molecule has 1 rings (SSSR count). The van der Waals surface area contributed by atoms with Crippen molar-refractivity contribution in [3.8, 4) is 0 Å². The molecule has 0 bridgehead atoms. The number of aliphatic hydroxyl groups is 1. The van der Waals surface area contributed by atoms with E-state index in [1.54, 1.807) is 0 Å². The van der Waals surface area contributed by atoms with Gasteiger partial charge in [0, 0.05) is 6.61 Å². The van der Waals surface area contributed by atoms with Gasteiger partial charge >= 0.3 is 0 Å². The predicted molar refractivity (Wildman–Crippen MR) is 39.9 cm³/mol. The molecule has 0 aromatic carbocycles. The second-order valence-electron chi connectivity index (χ2n) is 3.19. The van der Waals surface area contributed by atoms with Crippen LogP contribution in [0.3, 0.4) is 0 Å². The summed E-state index contributed by atoms with van der Waals surface area (Å²) in [7, 11) is 0. The van der Waals surface area contributed by atoms with Crippen molar-refractivity contribution in [3.05, 3.63) is 0 Å². The lowest BCUT2D eigenvalue weighted by molar-refractivity contribution is -0.0749. The highest BCUT2D eigenvalue weighted by Gasteiger charge is 2.36. The minimum absolute atomic E-state index is 0.0810. The summed E-state index contributed by atoms with van der Waals surface area (Å²) in [5.41, 5.74) is -0.560. The smallest absolute Gasteiger partial charge is 0.0880 e. The molecule has 2 heteroatoms. The first-order valence-electron chi connectivity index (χ1n) is 4.01. The van der Waals surface area contributed by atoms with Gasteiger partial charge in [-0.3, -0.25) is 0 Å². The molecule has 10 heavy (non-hydrogen) atoms. The van der Waals surface area contributed by atoms with Crippen molar-refractivity contribution in [2.75, 3.05) is 6.61 Å². The Bertz CT molecular complexity index is 110. The van der Waals surface area contributed by atoms with Gasteiger partial charge in [-0.2, -0.15) is 0 Å². The Morgan fingerprint density at radius 3 is 2.80 bits per heavy atom. The van der Waals surface area contributed by atoms with Crippen molar-refractivity contribution < 1.29 is 9.84 Å². The highest BCUT2D eigenvalue weighted by Crippen LogP contribution is 2.31. The first kappa shape index (κ1) is 8.02. The van der Waals surface area contributed by atoms with Gasteiger partial charge in [0.1, 0.15) is 0 Å². The van der Waals surface area contributed by atoms with E-state index in [2.05, 4.69) is 0 Å². The van der Waals surface area contributed by atoms with Crippen LogP contribution in [0.1, 0.15) is 33.1 Å². The lowest BCUT2D eigenvalue weighted by atomic mass is 10.0. The number of hydrogen-bond acceptors (Lipinski definition) is 2. The molecule has 0 heterocycles. The highest BCUT2D eigenvalue weighted by atomic mass is 16.5. The number of ether oxygens (including phenoxy) is 1. The van der Waals surface area contributed by atoms with Crippen molar-refractivity contribution in [1.82, 2.24) is 0 Å². The van der Waals surface area contributed by atoms with E-state index in [-0.39, 0.29) is 6.10 Å². The molecule has 1 saturated carbocycles. The fraction of sp³-hybridized carbons (Fsp3) is 1.00. The Balaban J connectivity index is 2.43. The van der Waals surface area contributed by atoms with Gasteiger partial charge in [-0.1, -0.05) is 0 Å². The predicted octanol–water partition coefficient (Wildman–Crippen LogP) is 1.33. The van der Waals surface area contributed by atoms with Crippen molar-refractivity contribution in [3.63, 3.8) is 0 Å². The molecular formula is C8H16O2. The second kappa shape index (κ2) is 2.89. The maximum absolute atomic E-state index is 9.66. The average molecular weight is 144 g/mol. The van der Waals surface area contributed by atoms with Gasteiger partial charge in [-0.05, 0) is 33.1 Å². The normalized spacial score (nSPS) is 40.5. The summed E-state index contributed by atoms with van der Waals surface area (Å²) < 4.78 is 5.37. The summed E-state index contributed by atoms with van der Waals surface area (Å²) in [5.74, 6) is 0. The molecule has 0 radical (unpaired) electrons. The molecule has 0 aromatic heterocycles. The molecule has 2 atom stereocenters. The van der Waals surface area contributed by atoms with Crippen molar-refractivity contribution in [2.45, 2.75) is 44.8 Å². The topological polar surface area (TPSA) is 29.5 Å². The Hall–Kier alpha value is -0.0800. The van der Waals surface area contributed by atoms with Gasteiger partial charge < -0.3 is 9.84 Å². The molecule has 0 spiro atoms. The zero-order valence-electron chi connectivity index (χ0n) is 6.76. The lowest BCUT2D eigenvalue weighted by Gasteiger charge is -2.24. The van der Waals surface area contributed by atoms with Crippen LogP contribution in [0.2, 0.25) is 0 Å². The fourth-order valence-corrected chi connectivity index (χ4v) is 1.58. The lowest BCUT2D eigenvalue weighted by Crippen LogP contribution is -2.35. The van der Waals surface area contributed by atoms with Crippen LogP contribution in [0.4, 0.5) is 0 Å². The van der Waals surface area contributed by atoms with Gasteiger partial charge in [0.15, 0.2) is 0 Å². The molecule has 1 aliphatic carbocycles. The summed E-state index contributed by atoms with van der Waals surface area (Å²) >= 11 is 0. The van der Waals surface area contributed by atoms with E-state index >= 15 is 0 Å². The molecule has 0 amide bonds. The monoisotopic (exact) mass is 144 g/mol. The molecule has 1 N–H and O–H groups in total. The molecule has 0 saturated heterocycles. The van der Waals surface area contributed by atoms with Crippen LogP contribution < -0.4 is 0 Å². The van der Waals surface area contributed by atoms with Crippen LogP contribution in [0.5, 0.6) is 0 Å². The molecule has 0 aliphatic heterocycles. The maximum Gasteiger partial charge on any atom is 0.0880 e. The summed E-state index contributed by atoms with van der Waals surface area (Å²) in [4.78, 5) is 0. The zero-order valence-corrected chi connectivity index (χ0v) is 6.76. The largest absolute Gasteiger partial charge is 0.387 e. The van der Waals surface area contributed by atoms with E-state index in [9.17, 15) is 5.11 Å². The Kier molecular flexibility index (Phi) is 2.32. The van der Waals surface area contributed by atoms with Crippen LogP contribution in [0.15, 0.2) is 0 Å². The highest BCUT2D eigenvalue weighted by molar-refractivity contribution is 4.89. The third kappa shape index (κ3) is 1.50. The third-order valence-corrected chi connectivity index (χ3v) is 2.21. The molecule has 1 fully saturated rings. The van der Waals surface area contributed by atoms with Gasteiger partial charge in [0.25, 0.3) is 0 Å². The van der Waals surface area contributed by atoms with Crippen LogP contribution >= 0.6 is 0 Å². The van der Waals surface area contributed by atoms with E-state index in [4.69, 9.17) is 4.74 Å². The number of hydrogen-bond donors (Lipinski definition) is 1. The molecular weight excluding hydrogens is 128 g/mol. The van der Waals surface area contributed by atoms with Crippen LogP contribution in [-0.4, -0.2) is 23.4 Å². The molecule has 2 nitrogen and oxygen atoms in total. The van der Waals surface area contributed by atoms with Gasteiger partial charge in [0.05, 0.1) is 11.7 Å². The molecule has 60 valence electrons. The van der Waals surface area contributed by atoms with Crippen LogP contribution in [0, 0.1) is 0 Å². The standard InChI is InChI=1S/C8H16O2/c1-3-10-7-5-4-6-8(7,2)9/h7,9H,3-6H2,1-2H3. The summed E-state index contributed by atoms with van der Waals surface area (Å²) in [6.07, 6.45) is 3.08. The van der Waals surface area contributed by atoms with Crippen LogP contribution in [0.25, 0.3) is 0 Å². The Morgan fingerprint density at radius 1 is 1.70 bits per heavy atom. The second-order valence-corrected chi connectivity index (χ2v) is 3.19. The van der Waals surface area contributed by atoms with E-state index in [0.717, 1.165) is 19.3 Å². The van der Waals surface area contributed by atoms with Gasteiger partial charge in [0.2, 0.25) is 0 Å². The van der Waals surface area contributed by atoms with Gasteiger partial charge in [-0.25, -0.2) is 0 Å². The Morgan fingerprint density at radius 2 is 2.40 bits per heavy atom. The summed E-state index contributed by atoms with van der Waals surface area (Å²) in [6.45, 7) is 4.54. The quantitative estimate of drug-likeness (QED) is 0.633. The molecule has 1 aliphatic rings. The van der Waals surface area contributed by atoms with E-state index in [0.29, 0.717) is 6.61 Å². The number of rotatable bonds is 2. The van der Waals surface area contributed by atoms with E-state index in [1.165, 1.54) is 0 Å². The van der Waals surface area contributed by atoms with E-state index < -0.39 is 5.60 Å². The van der Waals surface area contributed by atoms with E-state index in [1.807, 2.05) is 13.8 Å². The maximum atomic E-state index is 9.66. The summed E-state index contributed by atoms with van der Waals surface area (Å²) in [6, 6.07) is 0. The fourth-order valence-electron chi connectivity index (χ4n) is 1.58. The SMILES string of the molecule is CCOC1CCCC1(C)O. The zero-order chi connectivity index (χ0) is 7.61. The molecule has 0 aromatic rings. The first-order chi connectivity index (χ1) is 4.67.